The zero-order valence-electron chi connectivity index (χ0n) is 7.70. The zero-order valence-corrected chi connectivity index (χ0v) is 7.70. The van der Waals surface area contributed by atoms with Gasteiger partial charge < -0.3 is 5.11 Å². The van der Waals surface area contributed by atoms with Gasteiger partial charge in [-0.1, -0.05) is 0 Å². The Morgan fingerprint density at radius 3 is 2.79 bits per heavy atom. The summed E-state index contributed by atoms with van der Waals surface area (Å²) in [6, 6.07) is 0. The first kappa shape index (κ1) is 10.1. The highest BCUT2D eigenvalue weighted by atomic mass is 16.3. The van der Waals surface area contributed by atoms with Crippen LogP contribution in [0, 0.1) is 19.3 Å². The van der Waals surface area contributed by atoms with Crippen LogP contribution in [0.25, 0.3) is 0 Å². The Kier molecular flexibility index (Phi) is 2.77. The van der Waals surface area contributed by atoms with Gasteiger partial charge in [0.25, 0.3) is 5.56 Å². The first-order chi connectivity index (χ1) is 6.57. The van der Waals surface area contributed by atoms with Crippen LogP contribution in [0.5, 0.6) is 5.88 Å². The highest BCUT2D eigenvalue weighted by molar-refractivity contribution is 5.20. The van der Waals surface area contributed by atoms with E-state index in [1.54, 1.807) is 0 Å². The van der Waals surface area contributed by atoms with E-state index in [1.807, 2.05) is 0 Å². The second kappa shape index (κ2) is 3.83. The van der Waals surface area contributed by atoms with Gasteiger partial charge in [0.15, 0.2) is 0 Å². The van der Waals surface area contributed by atoms with E-state index >= 15 is 0 Å². The summed E-state index contributed by atoms with van der Waals surface area (Å²) in [4.78, 5) is 24.3. The minimum absolute atomic E-state index is 0.113. The fourth-order valence-corrected chi connectivity index (χ4v) is 1.04. The molecule has 1 heterocycles. The number of H-pyrrole nitrogens is 1. The lowest BCUT2D eigenvalue weighted by Gasteiger charge is -2.06. The molecule has 2 N–H and O–H groups in total. The summed E-state index contributed by atoms with van der Waals surface area (Å²) in [7, 11) is 0. The van der Waals surface area contributed by atoms with E-state index in [1.165, 1.54) is 6.92 Å². The summed E-state index contributed by atoms with van der Waals surface area (Å²) in [6.07, 6.45) is 5.34. The Morgan fingerprint density at radius 2 is 2.21 bits per heavy atom. The Labute approximate surface area is 80.0 Å². The third-order valence-electron chi connectivity index (χ3n) is 1.88. The van der Waals surface area contributed by atoms with Crippen molar-refractivity contribution >= 4 is 0 Å². The average molecular weight is 194 g/mol. The molecule has 5 heteroatoms. The van der Waals surface area contributed by atoms with Crippen LogP contribution in [0.1, 0.15) is 12.0 Å². The minimum atomic E-state index is -0.645. The second-order valence-electron chi connectivity index (χ2n) is 2.81. The number of hydrogen-bond acceptors (Lipinski definition) is 3. The van der Waals surface area contributed by atoms with E-state index in [0.29, 0.717) is 6.42 Å². The number of aromatic hydroxyl groups is 1. The van der Waals surface area contributed by atoms with Crippen LogP contribution < -0.4 is 11.2 Å². The molecule has 0 saturated heterocycles. The van der Waals surface area contributed by atoms with E-state index in [-0.39, 0.29) is 18.0 Å². The fraction of sp³-hybridized carbons (Fsp3) is 0.333. The fourth-order valence-electron chi connectivity index (χ4n) is 1.04. The Balaban J connectivity index is 3.31. The lowest BCUT2D eigenvalue weighted by atomic mass is 10.3. The SMILES string of the molecule is C#CCCn1c(O)c(C)c(=O)[nH]c1=O. The summed E-state index contributed by atoms with van der Waals surface area (Å²) < 4.78 is 1.04. The van der Waals surface area contributed by atoms with Gasteiger partial charge in [-0.15, -0.1) is 12.3 Å². The maximum atomic E-state index is 11.2. The third kappa shape index (κ3) is 1.69. The smallest absolute Gasteiger partial charge is 0.331 e. The standard InChI is InChI=1S/C9H10N2O3/c1-3-4-5-11-8(13)6(2)7(12)10-9(11)14/h1,13H,4-5H2,2H3,(H,10,12,14). The van der Waals surface area contributed by atoms with Crippen molar-refractivity contribution < 1.29 is 5.11 Å². The summed E-state index contributed by atoms with van der Waals surface area (Å²) in [5.74, 6) is 2.02. The Hall–Kier alpha value is -1.96. The molecule has 0 aliphatic carbocycles. The monoisotopic (exact) mass is 194 g/mol. The molecule has 14 heavy (non-hydrogen) atoms. The number of aromatic nitrogens is 2. The molecule has 1 rings (SSSR count). The number of hydrogen-bond donors (Lipinski definition) is 2. The summed E-state index contributed by atoms with van der Waals surface area (Å²) in [5.41, 5.74) is -1.11. The van der Waals surface area contributed by atoms with Gasteiger partial charge in [0.05, 0.1) is 5.56 Å². The van der Waals surface area contributed by atoms with E-state index in [9.17, 15) is 14.7 Å². The van der Waals surface area contributed by atoms with Crippen LogP contribution in [0.2, 0.25) is 0 Å². The predicted octanol–water partition coefficient (Wildman–Crippen LogP) is -0.426. The number of nitrogens with zero attached hydrogens (tertiary/aromatic N) is 1. The van der Waals surface area contributed by atoms with Gasteiger partial charge >= 0.3 is 5.69 Å². The first-order valence-corrected chi connectivity index (χ1v) is 4.04. The van der Waals surface area contributed by atoms with Crippen molar-refractivity contribution in [2.24, 2.45) is 0 Å². The summed E-state index contributed by atoms with van der Waals surface area (Å²) >= 11 is 0. The molecule has 5 nitrogen and oxygen atoms in total. The molecule has 0 bridgehead atoms. The van der Waals surface area contributed by atoms with E-state index < -0.39 is 11.2 Å². The number of rotatable bonds is 2. The molecule has 0 unspecified atom stereocenters. The average Bonchev–Trinajstić information content (AvgIpc) is 2.14. The van der Waals surface area contributed by atoms with Crippen LogP contribution in [-0.4, -0.2) is 14.7 Å². The van der Waals surface area contributed by atoms with Crippen molar-refractivity contribution in [2.75, 3.05) is 0 Å². The molecule has 0 atom stereocenters. The Bertz CT molecular complexity index is 490. The van der Waals surface area contributed by atoms with Crippen molar-refractivity contribution in [2.45, 2.75) is 19.9 Å². The largest absolute Gasteiger partial charge is 0.494 e. The molecule has 0 spiro atoms. The number of aromatic amines is 1. The predicted molar refractivity (Wildman–Crippen MR) is 51.2 cm³/mol. The zero-order chi connectivity index (χ0) is 10.7. The van der Waals surface area contributed by atoms with Crippen LogP contribution in [-0.2, 0) is 6.54 Å². The molecule has 0 aromatic carbocycles. The normalized spacial score (nSPS) is 9.71. The highest BCUT2D eigenvalue weighted by Gasteiger charge is 2.08. The highest BCUT2D eigenvalue weighted by Crippen LogP contribution is 2.07. The van der Waals surface area contributed by atoms with E-state index in [4.69, 9.17) is 6.42 Å². The molecule has 0 aliphatic rings. The topological polar surface area (TPSA) is 75.1 Å². The lowest BCUT2D eigenvalue weighted by Crippen LogP contribution is -2.31. The molecule has 0 amide bonds. The van der Waals surface area contributed by atoms with Gasteiger partial charge in [0, 0.05) is 13.0 Å². The van der Waals surface area contributed by atoms with Crippen molar-refractivity contribution in [3.63, 3.8) is 0 Å². The molecule has 0 fully saturated rings. The van der Waals surface area contributed by atoms with Crippen LogP contribution in [0.4, 0.5) is 0 Å². The van der Waals surface area contributed by atoms with Crippen LogP contribution in [0.15, 0.2) is 9.59 Å². The van der Waals surface area contributed by atoms with Gasteiger partial charge in [-0.3, -0.25) is 14.3 Å². The summed E-state index contributed by atoms with van der Waals surface area (Å²) in [6.45, 7) is 1.62. The maximum Gasteiger partial charge on any atom is 0.331 e. The lowest BCUT2D eigenvalue weighted by molar-refractivity contribution is 0.397. The third-order valence-corrected chi connectivity index (χ3v) is 1.88. The summed E-state index contributed by atoms with van der Waals surface area (Å²) in [5, 5.41) is 9.46. The van der Waals surface area contributed by atoms with Crippen molar-refractivity contribution in [1.82, 2.24) is 9.55 Å². The van der Waals surface area contributed by atoms with Gasteiger partial charge in [0.1, 0.15) is 0 Å². The van der Waals surface area contributed by atoms with E-state index in [2.05, 4.69) is 10.9 Å². The van der Waals surface area contributed by atoms with Gasteiger partial charge in [-0.25, -0.2) is 4.79 Å². The van der Waals surface area contributed by atoms with Crippen LogP contribution in [0.3, 0.4) is 0 Å². The molecule has 1 aromatic heterocycles. The minimum Gasteiger partial charge on any atom is -0.494 e. The number of nitrogens with one attached hydrogen (secondary N) is 1. The van der Waals surface area contributed by atoms with Crippen molar-refractivity contribution in [3.05, 3.63) is 26.4 Å². The molecule has 0 saturated carbocycles. The second-order valence-corrected chi connectivity index (χ2v) is 2.81. The molecule has 1 aromatic rings. The first-order valence-electron chi connectivity index (χ1n) is 4.04. The molecular formula is C9H10N2O3. The molecule has 0 aliphatic heterocycles. The Morgan fingerprint density at radius 1 is 1.57 bits per heavy atom. The van der Waals surface area contributed by atoms with E-state index in [0.717, 1.165) is 4.57 Å². The molecule has 74 valence electrons. The van der Waals surface area contributed by atoms with Gasteiger partial charge in [0.2, 0.25) is 5.88 Å². The number of terminal acetylenes is 1. The van der Waals surface area contributed by atoms with Gasteiger partial charge in [-0.05, 0) is 6.92 Å². The van der Waals surface area contributed by atoms with Gasteiger partial charge in [-0.2, -0.15) is 0 Å². The maximum absolute atomic E-state index is 11.2. The van der Waals surface area contributed by atoms with Crippen LogP contribution >= 0.6 is 0 Å². The molecular weight excluding hydrogens is 184 g/mol. The van der Waals surface area contributed by atoms with Crippen molar-refractivity contribution in [1.29, 1.82) is 0 Å². The molecule has 0 radical (unpaired) electrons. The quantitative estimate of drug-likeness (QED) is 0.627. The van der Waals surface area contributed by atoms with Crippen molar-refractivity contribution in [3.8, 4) is 18.2 Å².